The first-order chi connectivity index (χ1) is 13.0. The lowest BCUT2D eigenvalue weighted by Crippen LogP contribution is -2.28. The van der Waals surface area contributed by atoms with Crippen molar-refractivity contribution in [1.82, 2.24) is 24.2 Å². The van der Waals surface area contributed by atoms with Crippen LogP contribution in [0.3, 0.4) is 0 Å². The van der Waals surface area contributed by atoms with Gasteiger partial charge >= 0.3 is 0 Å². The number of sulfonamides is 1. The van der Waals surface area contributed by atoms with Gasteiger partial charge in [-0.25, -0.2) is 23.1 Å². The Labute approximate surface area is 157 Å². The van der Waals surface area contributed by atoms with Gasteiger partial charge in [0.25, 0.3) is 0 Å². The van der Waals surface area contributed by atoms with Crippen molar-refractivity contribution < 1.29 is 17.9 Å². The molecule has 0 spiro atoms. The zero-order chi connectivity index (χ0) is 19.3. The number of nitrogens with one attached hydrogen (secondary N) is 1. The van der Waals surface area contributed by atoms with Gasteiger partial charge in [0.1, 0.15) is 22.1 Å². The van der Waals surface area contributed by atoms with E-state index >= 15 is 0 Å². The standard InChI is InChI=1S/C17H19N5O4S/c1-25-13-3-4-15(26-2)16(11-13)27(23,24)21-8-10-22-9-7-20-17(22)14-12-18-5-6-19-14/h3-7,9,11-12,21H,8,10H2,1-2H3. The average Bonchev–Trinajstić information content (AvgIpc) is 3.16. The molecule has 142 valence electrons. The van der Waals surface area contributed by atoms with Crippen LogP contribution in [0.15, 0.2) is 54.1 Å². The Morgan fingerprint density at radius 3 is 2.67 bits per heavy atom. The maximum Gasteiger partial charge on any atom is 0.244 e. The number of imidazole rings is 1. The summed E-state index contributed by atoms with van der Waals surface area (Å²) in [6.45, 7) is 0.531. The van der Waals surface area contributed by atoms with Crippen molar-refractivity contribution in [3.05, 3.63) is 49.2 Å². The Bertz CT molecular complexity index is 1010. The number of nitrogens with zero attached hydrogens (tertiary/aromatic N) is 4. The van der Waals surface area contributed by atoms with Crippen LogP contribution in [0, 0.1) is 0 Å². The fourth-order valence-corrected chi connectivity index (χ4v) is 3.71. The molecule has 0 aliphatic carbocycles. The molecular weight excluding hydrogens is 370 g/mol. The zero-order valence-corrected chi connectivity index (χ0v) is 15.7. The van der Waals surface area contributed by atoms with Gasteiger partial charge in [-0.2, -0.15) is 0 Å². The third kappa shape index (κ3) is 4.23. The Balaban J connectivity index is 1.74. The average molecular weight is 389 g/mol. The van der Waals surface area contributed by atoms with Crippen molar-refractivity contribution in [2.24, 2.45) is 0 Å². The van der Waals surface area contributed by atoms with E-state index in [0.717, 1.165) is 0 Å². The van der Waals surface area contributed by atoms with Crippen LogP contribution in [0.2, 0.25) is 0 Å². The van der Waals surface area contributed by atoms with Crippen molar-refractivity contribution in [2.75, 3.05) is 20.8 Å². The maximum absolute atomic E-state index is 12.7. The summed E-state index contributed by atoms with van der Waals surface area (Å²) in [5.41, 5.74) is 0.611. The van der Waals surface area contributed by atoms with Gasteiger partial charge in [0.15, 0.2) is 5.82 Å². The minimum Gasteiger partial charge on any atom is -0.497 e. The van der Waals surface area contributed by atoms with E-state index in [-0.39, 0.29) is 17.2 Å². The van der Waals surface area contributed by atoms with Crippen molar-refractivity contribution in [2.45, 2.75) is 11.4 Å². The summed E-state index contributed by atoms with van der Waals surface area (Å²) >= 11 is 0. The van der Waals surface area contributed by atoms with Crippen LogP contribution >= 0.6 is 0 Å². The second-order valence-corrected chi connectivity index (χ2v) is 7.18. The Kier molecular flexibility index (Phi) is 5.67. The smallest absolute Gasteiger partial charge is 0.244 e. The van der Waals surface area contributed by atoms with Crippen LogP contribution in [-0.4, -0.2) is 48.7 Å². The van der Waals surface area contributed by atoms with Gasteiger partial charge in [0, 0.05) is 43.9 Å². The first-order valence-electron chi connectivity index (χ1n) is 8.04. The van der Waals surface area contributed by atoms with Crippen LogP contribution in [0.25, 0.3) is 11.5 Å². The second kappa shape index (κ2) is 8.14. The largest absolute Gasteiger partial charge is 0.497 e. The molecule has 3 aromatic rings. The molecule has 1 N–H and O–H groups in total. The van der Waals surface area contributed by atoms with Gasteiger partial charge in [-0.1, -0.05) is 0 Å². The molecule has 2 aromatic heterocycles. The maximum atomic E-state index is 12.7. The lowest BCUT2D eigenvalue weighted by atomic mass is 10.3. The number of hydrogen-bond donors (Lipinski definition) is 1. The van der Waals surface area contributed by atoms with Crippen LogP contribution in [-0.2, 0) is 16.6 Å². The van der Waals surface area contributed by atoms with E-state index in [0.29, 0.717) is 23.8 Å². The minimum atomic E-state index is -3.78. The molecule has 0 aliphatic rings. The highest BCUT2D eigenvalue weighted by molar-refractivity contribution is 7.89. The number of ether oxygens (including phenoxy) is 2. The topological polar surface area (TPSA) is 108 Å². The molecule has 0 unspecified atom stereocenters. The van der Waals surface area contributed by atoms with Gasteiger partial charge < -0.3 is 14.0 Å². The van der Waals surface area contributed by atoms with Crippen LogP contribution in [0.4, 0.5) is 0 Å². The molecule has 0 bridgehead atoms. The summed E-state index contributed by atoms with van der Waals surface area (Å²) in [5, 5.41) is 0. The highest BCUT2D eigenvalue weighted by Gasteiger charge is 2.20. The van der Waals surface area contributed by atoms with Crippen molar-refractivity contribution in [3.63, 3.8) is 0 Å². The number of rotatable bonds is 8. The Hall–Kier alpha value is -2.98. The molecule has 0 saturated carbocycles. The molecule has 0 aliphatic heterocycles. The van der Waals surface area contributed by atoms with E-state index in [1.165, 1.54) is 20.3 Å². The number of hydrogen-bond acceptors (Lipinski definition) is 7. The summed E-state index contributed by atoms with van der Waals surface area (Å²) in [6, 6.07) is 4.61. The lowest BCUT2D eigenvalue weighted by Gasteiger charge is -2.13. The van der Waals surface area contributed by atoms with Crippen LogP contribution in [0.1, 0.15) is 0 Å². The molecule has 0 radical (unpaired) electrons. The molecule has 0 fully saturated rings. The molecule has 9 nitrogen and oxygen atoms in total. The second-order valence-electron chi connectivity index (χ2n) is 5.45. The van der Waals surface area contributed by atoms with E-state index in [9.17, 15) is 8.42 Å². The van der Waals surface area contributed by atoms with Gasteiger partial charge in [-0.05, 0) is 12.1 Å². The molecule has 1 aromatic carbocycles. The van der Waals surface area contributed by atoms with Crippen molar-refractivity contribution >= 4 is 10.0 Å². The monoisotopic (exact) mass is 389 g/mol. The third-order valence-electron chi connectivity index (χ3n) is 3.81. The quantitative estimate of drug-likeness (QED) is 0.619. The predicted molar refractivity (Wildman–Crippen MR) is 98.0 cm³/mol. The van der Waals surface area contributed by atoms with Crippen molar-refractivity contribution in [3.8, 4) is 23.0 Å². The summed E-state index contributed by atoms with van der Waals surface area (Å²) in [5.74, 6) is 1.28. The van der Waals surface area contributed by atoms with Gasteiger partial charge in [0.2, 0.25) is 10.0 Å². The van der Waals surface area contributed by atoms with Gasteiger partial charge in [-0.3, -0.25) is 4.98 Å². The molecule has 0 amide bonds. The summed E-state index contributed by atoms with van der Waals surface area (Å²) in [6.07, 6.45) is 8.14. The Morgan fingerprint density at radius 2 is 1.96 bits per heavy atom. The van der Waals surface area contributed by atoms with Crippen molar-refractivity contribution in [1.29, 1.82) is 0 Å². The Morgan fingerprint density at radius 1 is 1.11 bits per heavy atom. The first-order valence-corrected chi connectivity index (χ1v) is 9.52. The molecular formula is C17H19N5O4S. The minimum absolute atomic E-state index is 0.0177. The SMILES string of the molecule is COc1ccc(OC)c(S(=O)(=O)NCCn2ccnc2-c2cnccn2)c1. The third-order valence-corrected chi connectivity index (χ3v) is 5.30. The molecule has 27 heavy (non-hydrogen) atoms. The van der Waals surface area contributed by atoms with E-state index < -0.39 is 10.0 Å². The van der Waals surface area contributed by atoms with E-state index in [1.54, 1.807) is 47.7 Å². The normalized spacial score (nSPS) is 11.3. The van der Waals surface area contributed by atoms with E-state index in [2.05, 4.69) is 19.7 Å². The van der Waals surface area contributed by atoms with Gasteiger partial charge in [-0.15, -0.1) is 0 Å². The highest BCUT2D eigenvalue weighted by Crippen LogP contribution is 2.27. The molecule has 10 heteroatoms. The summed E-state index contributed by atoms with van der Waals surface area (Å²) < 4.78 is 40.0. The molecule has 2 heterocycles. The summed E-state index contributed by atoms with van der Waals surface area (Å²) in [4.78, 5) is 12.5. The number of aromatic nitrogens is 4. The number of benzene rings is 1. The van der Waals surface area contributed by atoms with E-state index in [1.807, 2.05) is 0 Å². The predicted octanol–water partition coefficient (Wildman–Crippen LogP) is 1.34. The zero-order valence-electron chi connectivity index (χ0n) is 14.9. The molecule has 0 saturated heterocycles. The lowest BCUT2D eigenvalue weighted by molar-refractivity contribution is 0.392. The highest BCUT2D eigenvalue weighted by atomic mass is 32.2. The first kappa shape index (κ1) is 18.8. The van der Waals surface area contributed by atoms with Crippen LogP contribution < -0.4 is 14.2 Å². The van der Waals surface area contributed by atoms with Gasteiger partial charge in [0.05, 0.1) is 20.4 Å². The molecule has 0 atom stereocenters. The summed E-state index contributed by atoms with van der Waals surface area (Å²) in [7, 11) is -0.896. The molecule has 3 rings (SSSR count). The van der Waals surface area contributed by atoms with E-state index in [4.69, 9.17) is 9.47 Å². The van der Waals surface area contributed by atoms with Crippen LogP contribution in [0.5, 0.6) is 11.5 Å². The fraction of sp³-hybridized carbons (Fsp3) is 0.235. The number of methoxy groups -OCH3 is 2. The fourth-order valence-electron chi connectivity index (χ4n) is 2.51.